The molecule has 1 heterocycles. The van der Waals surface area contributed by atoms with Crippen molar-refractivity contribution in [3.63, 3.8) is 0 Å². The Morgan fingerprint density at radius 3 is 2.71 bits per heavy atom. The van der Waals surface area contributed by atoms with Crippen molar-refractivity contribution in [1.82, 2.24) is 0 Å². The van der Waals surface area contributed by atoms with Crippen LogP contribution in [0.5, 0.6) is 5.75 Å². The van der Waals surface area contributed by atoms with Crippen molar-refractivity contribution < 1.29 is 14.1 Å². The average Bonchev–Trinajstić information content (AvgIpc) is 2.81. The van der Waals surface area contributed by atoms with E-state index in [4.69, 9.17) is 9.15 Å². The highest BCUT2D eigenvalue weighted by molar-refractivity contribution is 9.10. The molecule has 2 rings (SSSR count). The van der Waals surface area contributed by atoms with Crippen LogP contribution in [-0.4, -0.2) is 12.0 Å². The molecule has 0 unspecified atom stereocenters. The number of nitro benzene ring substituents is 1. The number of nitro groups is 1. The number of ether oxygens (including phenoxy) is 1. The van der Waals surface area contributed by atoms with Gasteiger partial charge in [0.15, 0.2) is 0 Å². The van der Waals surface area contributed by atoms with Crippen molar-refractivity contribution in [1.29, 1.82) is 0 Å². The third kappa shape index (κ3) is 2.03. The highest BCUT2D eigenvalue weighted by Gasteiger charge is 2.23. The minimum atomic E-state index is -0.456. The van der Waals surface area contributed by atoms with E-state index in [0.29, 0.717) is 21.5 Å². The van der Waals surface area contributed by atoms with E-state index in [1.807, 2.05) is 0 Å². The fraction of sp³-hybridized carbons (Fsp3) is 0.0909. The molecule has 0 fully saturated rings. The molecule has 6 heteroatoms. The maximum absolute atomic E-state index is 11.0. The standard InChI is InChI=1S/C11H8BrNO4/c1-16-9-5-4-7(13(14)15)10(11(9)12)8-3-2-6-17-8/h2-6H,1H3. The Hall–Kier alpha value is -1.82. The summed E-state index contributed by atoms with van der Waals surface area (Å²) in [6.45, 7) is 0. The van der Waals surface area contributed by atoms with Crippen molar-refractivity contribution >= 4 is 21.6 Å². The molecule has 0 aliphatic carbocycles. The lowest BCUT2D eigenvalue weighted by Crippen LogP contribution is -1.94. The lowest BCUT2D eigenvalue weighted by atomic mass is 10.1. The van der Waals surface area contributed by atoms with Crippen LogP contribution in [-0.2, 0) is 0 Å². The summed E-state index contributed by atoms with van der Waals surface area (Å²) in [5.74, 6) is 0.935. The minimum Gasteiger partial charge on any atom is -0.496 e. The van der Waals surface area contributed by atoms with Gasteiger partial charge < -0.3 is 9.15 Å². The summed E-state index contributed by atoms with van der Waals surface area (Å²) in [6.07, 6.45) is 1.46. The molecule has 17 heavy (non-hydrogen) atoms. The third-order valence-electron chi connectivity index (χ3n) is 2.27. The van der Waals surface area contributed by atoms with Gasteiger partial charge in [-0.3, -0.25) is 10.1 Å². The quantitative estimate of drug-likeness (QED) is 0.641. The normalized spacial score (nSPS) is 10.2. The fourth-order valence-corrected chi connectivity index (χ4v) is 2.20. The second-order valence-electron chi connectivity index (χ2n) is 3.21. The molecule has 0 bridgehead atoms. The first-order valence-corrected chi connectivity index (χ1v) is 5.49. The van der Waals surface area contributed by atoms with Gasteiger partial charge in [0.1, 0.15) is 17.1 Å². The van der Waals surface area contributed by atoms with Gasteiger partial charge in [-0.05, 0) is 34.1 Å². The van der Waals surface area contributed by atoms with Crippen LogP contribution < -0.4 is 4.74 Å². The van der Waals surface area contributed by atoms with Crippen molar-refractivity contribution in [2.75, 3.05) is 7.11 Å². The summed E-state index contributed by atoms with van der Waals surface area (Å²) >= 11 is 3.29. The van der Waals surface area contributed by atoms with E-state index >= 15 is 0 Å². The lowest BCUT2D eigenvalue weighted by Gasteiger charge is -2.07. The largest absolute Gasteiger partial charge is 0.496 e. The molecule has 5 nitrogen and oxygen atoms in total. The molecule has 0 atom stereocenters. The minimum absolute atomic E-state index is 0.0346. The van der Waals surface area contributed by atoms with E-state index in [2.05, 4.69) is 15.9 Å². The monoisotopic (exact) mass is 297 g/mol. The summed E-state index contributed by atoms with van der Waals surface area (Å²) in [7, 11) is 1.50. The smallest absolute Gasteiger partial charge is 0.281 e. The van der Waals surface area contributed by atoms with Crippen molar-refractivity contribution in [3.8, 4) is 17.1 Å². The molecule has 0 aliphatic rings. The van der Waals surface area contributed by atoms with Gasteiger partial charge in [0, 0.05) is 6.07 Å². The van der Waals surface area contributed by atoms with E-state index in [-0.39, 0.29) is 5.69 Å². The summed E-state index contributed by atoms with van der Waals surface area (Å²) in [4.78, 5) is 10.5. The zero-order valence-electron chi connectivity index (χ0n) is 8.84. The zero-order chi connectivity index (χ0) is 12.4. The first-order valence-electron chi connectivity index (χ1n) is 4.70. The number of hydrogen-bond donors (Lipinski definition) is 0. The number of nitrogens with zero attached hydrogens (tertiary/aromatic N) is 1. The number of rotatable bonds is 3. The molecule has 0 amide bonds. The number of halogens is 1. The van der Waals surface area contributed by atoms with Crippen molar-refractivity contribution in [3.05, 3.63) is 45.1 Å². The Morgan fingerprint density at radius 1 is 1.41 bits per heavy atom. The highest BCUT2D eigenvalue weighted by Crippen LogP contribution is 2.41. The predicted octanol–water partition coefficient (Wildman–Crippen LogP) is 3.63. The van der Waals surface area contributed by atoms with Gasteiger partial charge >= 0.3 is 0 Å². The Labute approximate surface area is 105 Å². The summed E-state index contributed by atoms with van der Waals surface area (Å²) < 4.78 is 10.8. The number of hydrogen-bond acceptors (Lipinski definition) is 4. The van der Waals surface area contributed by atoms with E-state index in [9.17, 15) is 10.1 Å². The van der Waals surface area contributed by atoms with Crippen molar-refractivity contribution in [2.24, 2.45) is 0 Å². The fourth-order valence-electron chi connectivity index (χ4n) is 1.51. The second-order valence-corrected chi connectivity index (χ2v) is 4.00. The molecular formula is C11H8BrNO4. The van der Waals surface area contributed by atoms with Gasteiger partial charge in [-0.1, -0.05) is 0 Å². The maximum Gasteiger partial charge on any atom is 0.281 e. The Morgan fingerprint density at radius 2 is 2.18 bits per heavy atom. The van der Waals surface area contributed by atoms with Gasteiger partial charge in [-0.15, -0.1) is 0 Å². The summed E-state index contributed by atoms with van der Waals surface area (Å²) in [5, 5.41) is 11.0. The van der Waals surface area contributed by atoms with Crippen LogP contribution in [0.4, 0.5) is 5.69 Å². The number of methoxy groups -OCH3 is 1. The van der Waals surface area contributed by atoms with E-state index in [0.717, 1.165) is 0 Å². The second kappa shape index (κ2) is 4.58. The SMILES string of the molecule is COc1ccc([N+](=O)[O-])c(-c2ccco2)c1Br. The molecule has 2 aromatic rings. The lowest BCUT2D eigenvalue weighted by molar-refractivity contribution is -0.384. The highest BCUT2D eigenvalue weighted by atomic mass is 79.9. The summed E-state index contributed by atoms with van der Waals surface area (Å²) in [6, 6.07) is 6.26. The molecule has 88 valence electrons. The number of benzene rings is 1. The van der Waals surface area contributed by atoms with Crippen LogP contribution in [0.2, 0.25) is 0 Å². The molecular weight excluding hydrogens is 290 g/mol. The first kappa shape index (κ1) is 11.7. The van der Waals surface area contributed by atoms with Crippen LogP contribution in [0.25, 0.3) is 11.3 Å². The van der Waals surface area contributed by atoms with Crippen LogP contribution >= 0.6 is 15.9 Å². The van der Waals surface area contributed by atoms with Crippen LogP contribution in [0.1, 0.15) is 0 Å². The Bertz CT molecular complexity index is 551. The molecule has 0 N–H and O–H groups in total. The van der Waals surface area contributed by atoms with E-state index in [1.54, 1.807) is 12.1 Å². The molecule has 0 aliphatic heterocycles. The molecule has 0 saturated heterocycles. The molecule has 1 aromatic carbocycles. The number of furan rings is 1. The third-order valence-corrected chi connectivity index (χ3v) is 3.06. The van der Waals surface area contributed by atoms with Gasteiger partial charge in [-0.2, -0.15) is 0 Å². The Kier molecular flexibility index (Phi) is 3.14. The predicted molar refractivity (Wildman–Crippen MR) is 65.1 cm³/mol. The van der Waals surface area contributed by atoms with Gasteiger partial charge in [0.05, 0.1) is 22.8 Å². The first-order chi connectivity index (χ1) is 8.15. The molecule has 1 aromatic heterocycles. The Balaban J connectivity index is 2.72. The summed E-state index contributed by atoms with van der Waals surface area (Å²) in [5.41, 5.74) is 0.340. The van der Waals surface area contributed by atoms with E-state index in [1.165, 1.54) is 25.5 Å². The van der Waals surface area contributed by atoms with Crippen LogP contribution in [0.3, 0.4) is 0 Å². The topological polar surface area (TPSA) is 65.5 Å². The molecule has 0 spiro atoms. The van der Waals surface area contributed by atoms with Gasteiger partial charge in [-0.25, -0.2) is 0 Å². The molecule has 0 radical (unpaired) electrons. The van der Waals surface area contributed by atoms with Gasteiger partial charge in [0.25, 0.3) is 5.69 Å². The maximum atomic E-state index is 11.0. The van der Waals surface area contributed by atoms with E-state index < -0.39 is 4.92 Å². The van der Waals surface area contributed by atoms with Crippen LogP contribution in [0.15, 0.2) is 39.4 Å². The van der Waals surface area contributed by atoms with Crippen molar-refractivity contribution in [2.45, 2.75) is 0 Å². The van der Waals surface area contributed by atoms with Gasteiger partial charge in [0.2, 0.25) is 0 Å². The zero-order valence-corrected chi connectivity index (χ0v) is 10.4. The molecule has 0 saturated carbocycles. The average molecular weight is 298 g/mol. The van der Waals surface area contributed by atoms with Crippen LogP contribution in [0, 0.1) is 10.1 Å².